The number of benzene rings is 1. The number of nitrogens with zero attached hydrogens (tertiary/aromatic N) is 1. The van der Waals surface area contributed by atoms with Crippen LogP contribution in [0.1, 0.15) is 45.1 Å². The molecule has 0 aromatic heterocycles. The van der Waals surface area contributed by atoms with E-state index in [1.807, 2.05) is 6.08 Å². The van der Waals surface area contributed by atoms with Gasteiger partial charge in [0.05, 0.1) is 28.6 Å². The van der Waals surface area contributed by atoms with Gasteiger partial charge in [0.1, 0.15) is 0 Å². The standard InChI is InChI=1S/C16H24IN/c1-4-7-10-14(5-2)13-18(17)16-12-9-8-11-15(16)6-3/h6,8-9,11-12,14H,3-5,7,10,13H2,1-2H3. The van der Waals surface area contributed by atoms with Crippen molar-refractivity contribution in [2.75, 3.05) is 9.66 Å². The summed E-state index contributed by atoms with van der Waals surface area (Å²) in [5.74, 6) is 0.791. The van der Waals surface area contributed by atoms with Gasteiger partial charge in [0.15, 0.2) is 0 Å². The highest BCUT2D eigenvalue weighted by atomic mass is 127. The Morgan fingerprint density at radius 1 is 1.33 bits per heavy atom. The average Bonchev–Trinajstić information content (AvgIpc) is 2.43. The zero-order chi connectivity index (χ0) is 13.4. The predicted octanol–water partition coefficient (Wildman–Crippen LogP) is 5.70. The zero-order valence-electron chi connectivity index (χ0n) is 11.5. The zero-order valence-corrected chi connectivity index (χ0v) is 13.7. The summed E-state index contributed by atoms with van der Waals surface area (Å²) in [6.07, 6.45) is 7.17. The first-order chi connectivity index (χ1) is 8.72. The van der Waals surface area contributed by atoms with E-state index in [1.54, 1.807) is 0 Å². The van der Waals surface area contributed by atoms with Gasteiger partial charge >= 0.3 is 0 Å². The van der Waals surface area contributed by atoms with Gasteiger partial charge in [0.25, 0.3) is 0 Å². The monoisotopic (exact) mass is 357 g/mol. The Balaban J connectivity index is 2.67. The van der Waals surface area contributed by atoms with E-state index >= 15 is 0 Å². The van der Waals surface area contributed by atoms with Crippen LogP contribution in [-0.4, -0.2) is 6.54 Å². The maximum Gasteiger partial charge on any atom is 0.0591 e. The summed E-state index contributed by atoms with van der Waals surface area (Å²) in [6.45, 7) is 9.58. The number of halogens is 1. The van der Waals surface area contributed by atoms with Crippen molar-refractivity contribution >= 4 is 34.6 Å². The number of hydrogen-bond donors (Lipinski definition) is 0. The maximum atomic E-state index is 3.89. The second-order valence-corrected chi connectivity index (χ2v) is 5.89. The van der Waals surface area contributed by atoms with E-state index in [4.69, 9.17) is 0 Å². The van der Waals surface area contributed by atoms with Crippen LogP contribution in [0, 0.1) is 5.92 Å². The van der Waals surface area contributed by atoms with Gasteiger partial charge in [-0.2, -0.15) is 0 Å². The first-order valence-electron chi connectivity index (χ1n) is 6.87. The molecule has 0 aliphatic rings. The quantitative estimate of drug-likeness (QED) is 0.426. The fourth-order valence-corrected chi connectivity index (χ4v) is 3.12. The molecule has 2 heteroatoms. The molecule has 0 heterocycles. The Kier molecular flexibility index (Phi) is 7.40. The predicted molar refractivity (Wildman–Crippen MR) is 91.2 cm³/mol. The lowest BCUT2D eigenvalue weighted by atomic mass is 9.99. The SMILES string of the molecule is C=Cc1ccccc1N(I)CC(CC)CCCC. The van der Waals surface area contributed by atoms with Crippen LogP contribution in [-0.2, 0) is 0 Å². The summed E-state index contributed by atoms with van der Waals surface area (Å²) >= 11 is 2.43. The largest absolute Gasteiger partial charge is 0.314 e. The fraction of sp³-hybridized carbons (Fsp3) is 0.500. The first-order valence-corrected chi connectivity index (χ1v) is 7.84. The lowest BCUT2D eigenvalue weighted by molar-refractivity contribution is 0.466. The fourth-order valence-electron chi connectivity index (χ4n) is 2.12. The molecular weight excluding hydrogens is 333 g/mol. The topological polar surface area (TPSA) is 3.24 Å². The molecule has 18 heavy (non-hydrogen) atoms. The van der Waals surface area contributed by atoms with Crippen molar-refractivity contribution in [3.8, 4) is 0 Å². The first kappa shape index (κ1) is 15.5. The molecule has 0 amide bonds. The van der Waals surface area contributed by atoms with E-state index in [9.17, 15) is 0 Å². The number of anilines is 1. The van der Waals surface area contributed by atoms with Crippen LogP contribution in [0.2, 0.25) is 0 Å². The van der Waals surface area contributed by atoms with Gasteiger partial charge in [-0.05, 0) is 24.0 Å². The van der Waals surface area contributed by atoms with Crippen molar-refractivity contribution in [1.82, 2.24) is 0 Å². The van der Waals surface area contributed by atoms with E-state index in [1.165, 1.54) is 36.9 Å². The maximum absolute atomic E-state index is 3.89. The van der Waals surface area contributed by atoms with E-state index in [0.717, 1.165) is 12.5 Å². The molecule has 1 atom stereocenters. The smallest absolute Gasteiger partial charge is 0.0591 e. The van der Waals surface area contributed by atoms with E-state index in [-0.39, 0.29) is 0 Å². The molecule has 0 saturated carbocycles. The number of hydrogen-bond acceptors (Lipinski definition) is 1. The Morgan fingerprint density at radius 2 is 2.06 bits per heavy atom. The highest BCUT2D eigenvalue weighted by Crippen LogP contribution is 2.27. The molecule has 0 spiro atoms. The van der Waals surface area contributed by atoms with Gasteiger partial charge in [-0.3, -0.25) is 0 Å². The van der Waals surface area contributed by atoms with Crippen LogP contribution < -0.4 is 3.11 Å². The van der Waals surface area contributed by atoms with Crippen molar-refractivity contribution in [2.24, 2.45) is 5.92 Å². The van der Waals surface area contributed by atoms with Crippen LogP contribution in [0.4, 0.5) is 5.69 Å². The summed E-state index contributed by atoms with van der Waals surface area (Å²) < 4.78 is 2.35. The Labute approximate surface area is 126 Å². The van der Waals surface area contributed by atoms with Crippen LogP contribution in [0.15, 0.2) is 30.8 Å². The molecule has 100 valence electrons. The molecule has 0 fully saturated rings. The Morgan fingerprint density at radius 3 is 2.67 bits per heavy atom. The normalized spacial score (nSPS) is 12.2. The van der Waals surface area contributed by atoms with Crippen LogP contribution in [0.25, 0.3) is 6.08 Å². The molecule has 1 nitrogen and oxygen atoms in total. The second-order valence-electron chi connectivity index (χ2n) is 4.72. The van der Waals surface area contributed by atoms with Crippen molar-refractivity contribution in [3.05, 3.63) is 36.4 Å². The summed E-state index contributed by atoms with van der Waals surface area (Å²) in [6, 6.07) is 8.47. The molecule has 0 bridgehead atoms. The number of rotatable bonds is 8. The summed E-state index contributed by atoms with van der Waals surface area (Å²) in [7, 11) is 0. The van der Waals surface area contributed by atoms with Crippen molar-refractivity contribution in [2.45, 2.75) is 39.5 Å². The van der Waals surface area contributed by atoms with E-state index in [2.05, 4.69) is 70.7 Å². The van der Waals surface area contributed by atoms with Crippen LogP contribution >= 0.6 is 22.9 Å². The van der Waals surface area contributed by atoms with Crippen LogP contribution in [0.3, 0.4) is 0 Å². The lowest BCUT2D eigenvalue weighted by Gasteiger charge is -2.24. The van der Waals surface area contributed by atoms with Gasteiger partial charge in [0.2, 0.25) is 0 Å². The average molecular weight is 357 g/mol. The molecular formula is C16H24IN. The minimum absolute atomic E-state index is 0.791. The molecule has 1 unspecified atom stereocenters. The minimum atomic E-state index is 0.791. The number of unbranched alkanes of at least 4 members (excludes halogenated alkanes) is 1. The lowest BCUT2D eigenvalue weighted by Crippen LogP contribution is -2.20. The minimum Gasteiger partial charge on any atom is -0.314 e. The van der Waals surface area contributed by atoms with Crippen LogP contribution in [0.5, 0.6) is 0 Å². The summed E-state index contributed by atoms with van der Waals surface area (Å²) in [4.78, 5) is 0. The second kappa shape index (κ2) is 8.57. The van der Waals surface area contributed by atoms with Gasteiger partial charge in [0, 0.05) is 6.54 Å². The molecule has 0 aliphatic carbocycles. The molecule has 0 saturated heterocycles. The molecule has 0 N–H and O–H groups in total. The van der Waals surface area contributed by atoms with Gasteiger partial charge in [-0.25, -0.2) is 0 Å². The molecule has 1 rings (SSSR count). The Hall–Kier alpha value is -0.510. The van der Waals surface area contributed by atoms with Crippen molar-refractivity contribution < 1.29 is 0 Å². The molecule has 1 aromatic carbocycles. The summed E-state index contributed by atoms with van der Waals surface area (Å²) in [5.41, 5.74) is 2.50. The summed E-state index contributed by atoms with van der Waals surface area (Å²) in [5, 5.41) is 0. The highest BCUT2D eigenvalue weighted by molar-refractivity contribution is 14.1. The highest BCUT2D eigenvalue weighted by Gasteiger charge is 2.12. The molecule has 1 aromatic rings. The van der Waals surface area contributed by atoms with E-state index < -0.39 is 0 Å². The van der Waals surface area contributed by atoms with Gasteiger partial charge in [-0.15, -0.1) is 0 Å². The third kappa shape index (κ3) is 4.63. The third-order valence-electron chi connectivity index (χ3n) is 3.38. The van der Waals surface area contributed by atoms with Crippen molar-refractivity contribution in [3.63, 3.8) is 0 Å². The van der Waals surface area contributed by atoms with E-state index in [0.29, 0.717) is 0 Å². The van der Waals surface area contributed by atoms with Gasteiger partial charge < -0.3 is 3.11 Å². The van der Waals surface area contributed by atoms with Gasteiger partial charge in [-0.1, -0.05) is 64.0 Å². The molecule has 0 aliphatic heterocycles. The van der Waals surface area contributed by atoms with Crippen molar-refractivity contribution in [1.29, 1.82) is 0 Å². The Bertz CT molecular complexity index is 362. The number of para-hydroxylation sites is 1. The third-order valence-corrected chi connectivity index (χ3v) is 4.29. The molecule has 0 radical (unpaired) electrons.